The van der Waals surface area contributed by atoms with Crippen LogP contribution in [0.15, 0.2) is 48.5 Å². The number of Topliss-reactive ketones (excluding diaryl/α,β-unsaturated/α-hetero) is 1. The number of ether oxygens (including phenoxy) is 2. The van der Waals surface area contributed by atoms with Crippen molar-refractivity contribution < 1.29 is 19.1 Å². The Balaban J connectivity index is 1.77. The van der Waals surface area contributed by atoms with Crippen molar-refractivity contribution in [3.63, 3.8) is 0 Å². The van der Waals surface area contributed by atoms with Gasteiger partial charge in [-0.15, -0.1) is 0 Å². The number of benzene rings is 2. The number of carbonyl (C=O) groups is 2. The zero-order valence-corrected chi connectivity index (χ0v) is 21.3. The van der Waals surface area contributed by atoms with Crippen LogP contribution in [0.5, 0.6) is 11.5 Å². The molecular weight excluding hydrogens is 426 g/mol. The second-order valence-electron chi connectivity index (χ2n) is 9.20. The van der Waals surface area contributed by atoms with Gasteiger partial charge in [0.1, 0.15) is 18.1 Å². The highest BCUT2D eigenvalue weighted by Crippen LogP contribution is 2.33. The van der Waals surface area contributed by atoms with Crippen molar-refractivity contribution in [2.75, 3.05) is 19.7 Å². The largest absolute Gasteiger partial charge is 0.486 e. The van der Waals surface area contributed by atoms with E-state index >= 15 is 0 Å². The van der Waals surface area contributed by atoms with Crippen LogP contribution in [0.4, 0.5) is 0 Å². The monoisotopic (exact) mass is 467 g/mol. The first kappa shape index (κ1) is 27.6. The minimum absolute atomic E-state index is 0.126. The molecule has 0 aliphatic carbocycles. The molecule has 1 N–H and O–H groups in total. The Morgan fingerprint density at radius 2 is 1.35 bits per heavy atom. The first-order valence-electron chi connectivity index (χ1n) is 12.6. The van der Waals surface area contributed by atoms with E-state index < -0.39 is 0 Å². The van der Waals surface area contributed by atoms with Crippen molar-refractivity contribution in [3.8, 4) is 11.5 Å². The summed E-state index contributed by atoms with van der Waals surface area (Å²) >= 11 is 0. The molecule has 0 heterocycles. The zero-order chi connectivity index (χ0) is 24.8. The summed E-state index contributed by atoms with van der Waals surface area (Å²) in [6.07, 6.45) is 6.58. The topological polar surface area (TPSA) is 64.6 Å². The number of unbranched alkanes of at least 4 members (excludes halogenated alkanes) is 4. The Hall–Kier alpha value is -2.66. The van der Waals surface area contributed by atoms with Crippen molar-refractivity contribution in [1.82, 2.24) is 5.32 Å². The van der Waals surface area contributed by atoms with Gasteiger partial charge < -0.3 is 14.8 Å². The Kier molecular flexibility index (Phi) is 11.8. The van der Waals surface area contributed by atoms with Gasteiger partial charge in [0, 0.05) is 18.3 Å². The number of hydrogen-bond donors (Lipinski definition) is 1. The predicted molar refractivity (Wildman–Crippen MR) is 138 cm³/mol. The van der Waals surface area contributed by atoms with E-state index in [1.165, 1.54) is 19.3 Å². The van der Waals surface area contributed by atoms with Gasteiger partial charge in [0.2, 0.25) is 0 Å². The minimum atomic E-state index is -0.239. The molecule has 0 aliphatic rings. The van der Waals surface area contributed by atoms with E-state index in [1.807, 2.05) is 48.5 Å². The molecule has 0 fully saturated rings. The molecule has 0 unspecified atom stereocenters. The zero-order valence-electron chi connectivity index (χ0n) is 21.3. The molecule has 186 valence electrons. The third-order valence-corrected chi connectivity index (χ3v) is 6.13. The van der Waals surface area contributed by atoms with Gasteiger partial charge in [0.15, 0.2) is 5.78 Å². The van der Waals surface area contributed by atoms with E-state index in [9.17, 15) is 9.59 Å². The van der Waals surface area contributed by atoms with Gasteiger partial charge in [0.25, 0.3) is 0 Å². The van der Waals surface area contributed by atoms with Crippen LogP contribution in [-0.2, 0) is 15.0 Å². The smallest absolute Gasteiger partial charge is 0.310 e. The number of esters is 1. The van der Waals surface area contributed by atoms with Crippen molar-refractivity contribution in [3.05, 3.63) is 59.7 Å². The molecule has 5 nitrogen and oxygen atoms in total. The SMILES string of the molecule is CCNCCCCCCCC(=O)COc1ccc(C(C)(C)c2ccc(OC(=O)CC)cc2)cc1. The highest BCUT2D eigenvalue weighted by Gasteiger charge is 2.23. The third kappa shape index (κ3) is 9.30. The van der Waals surface area contributed by atoms with Crippen molar-refractivity contribution >= 4 is 11.8 Å². The number of carbonyl (C=O) groups excluding carboxylic acids is 2. The normalized spacial score (nSPS) is 11.3. The lowest BCUT2D eigenvalue weighted by molar-refractivity contribution is -0.134. The molecule has 0 bridgehead atoms. The van der Waals surface area contributed by atoms with Gasteiger partial charge in [-0.1, -0.05) is 71.2 Å². The van der Waals surface area contributed by atoms with E-state index in [1.54, 1.807) is 6.92 Å². The van der Waals surface area contributed by atoms with Gasteiger partial charge in [-0.05, 0) is 61.3 Å². The summed E-state index contributed by atoms with van der Waals surface area (Å²) in [5, 5.41) is 3.33. The fraction of sp³-hybridized carbons (Fsp3) is 0.517. The van der Waals surface area contributed by atoms with Crippen molar-refractivity contribution in [2.45, 2.75) is 78.1 Å². The summed E-state index contributed by atoms with van der Waals surface area (Å²) in [7, 11) is 0. The molecule has 0 aliphatic heterocycles. The summed E-state index contributed by atoms with van der Waals surface area (Å²) in [6.45, 7) is 10.4. The molecule has 0 saturated carbocycles. The molecule has 0 aromatic heterocycles. The summed E-state index contributed by atoms with van der Waals surface area (Å²) < 4.78 is 11.0. The Morgan fingerprint density at radius 1 is 0.794 bits per heavy atom. The van der Waals surface area contributed by atoms with Crippen molar-refractivity contribution in [2.24, 2.45) is 0 Å². The average Bonchev–Trinajstić information content (AvgIpc) is 2.85. The van der Waals surface area contributed by atoms with Crippen LogP contribution in [0.1, 0.15) is 83.8 Å². The first-order chi connectivity index (χ1) is 16.4. The summed E-state index contributed by atoms with van der Waals surface area (Å²) in [5.41, 5.74) is 2.03. The van der Waals surface area contributed by atoms with E-state index in [0.717, 1.165) is 37.1 Å². The molecule has 0 spiro atoms. The highest BCUT2D eigenvalue weighted by atomic mass is 16.5. The predicted octanol–water partition coefficient (Wildman–Crippen LogP) is 6.23. The van der Waals surface area contributed by atoms with Crippen LogP contribution in [0.25, 0.3) is 0 Å². The Morgan fingerprint density at radius 3 is 1.94 bits per heavy atom. The van der Waals surface area contributed by atoms with Crippen LogP contribution in [-0.4, -0.2) is 31.4 Å². The number of nitrogens with one attached hydrogen (secondary N) is 1. The molecule has 2 aromatic carbocycles. The molecule has 0 atom stereocenters. The number of rotatable bonds is 16. The lowest BCUT2D eigenvalue weighted by Gasteiger charge is -2.26. The molecular formula is C29H41NO4. The quantitative estimate of drug-likeness (QED) is 0.180. The lowest BCUT2D eigenvalue weighted by atomic mass is 9.78. The fourth-order valence-electron chi connectivity index (χ4n) is 3.79. The summed E-state index contributed by atoms with van der Waals surface area (Å²) in [5.74, 6) is 1.18. The van der Waals surface area contributed by atoms with Gasteiger partial charge in [-0.25, -0.2) is 0 Å². The third-order valence-electron chi connectivity index (χ3n) is 6.13. The second kappa shape index (κ2) is 14.6. The maximum Gasteiger partial charge on any atom is 0.310 e. The van der Waals surface area contributed by atoms with Gasteiger partial charge in [-0.3, -0.25) is 9.59 Å². The van der Waals surface area contributed by atoms with Crippen LogP contribution in [0.2, 0.25) is 0 Å². The van der Waals surface area contributed by atoms with Gasteiger partial charge >= 0.3 is 5.97 Å². The van der Waals surface area contributed by atoms with Gasteiger partial charge in [0.05, 0.1) is 0 Å². The van der Waals surface area contributed by atoms with E-state index in [2.05, 4.69) is 26.1 Å². The van der Waals surface area contributed by atoms with Crippen molar-refractivity contribution in [1.29, 1.82) is 0 Å². The summed E-state index contributed by atoms with van der Waals surface area (Å²) in [6, 6.07) is 15.6. The molecule has 2 aromatic rings. The highest BCUT2D eigenvalue weighted by molar-refractivity contribution is 5.79. The number of ketones is 1. The molecule has 5 heteroatoms. The second-order valence-corrected chi connectivity index (χ2v) is 9.20. The Bertz CT molecular complexity index is 872. The molecule has 0 amide bonds. The maximum atomic E-state index is 12.1. The summed E-state index contributed by atoms with van der Waals surface area (Å²) in [4.78, 5) is 23.6. The lowest BCUT2D eigenvalue weighted by Crippen LogP contribution is -2.19. The molecule has 0 saturated heterocycles. The molecule has 34 heavy (non-hydrogen) atoms. The van der Waals surface area contributed by atoms with E-state index in [4.69, 9.17) is 9.47 Å². The van der Waals surface area contributed by atoms with Crippen LogP contribution in [0, 0.1) is 0 Å². The van der Waals surface area contributed by atoms with E-state index in [-0.39, 0.29) is 23.8 Å². The standard InChI is InChI=1S/C29H41NO4/c1-5-28(32)34-27-19-15-24(16-20-27)29(3,4)23-13-17-26(18-14-23)33-22-25(31)12-10-8-7-9-11-21-30-6-2/h13-20,30H,5-12,21-22H2,1-4H3. The average molecular weight is 468 g/mol. The van der Waals surface area contributed by atoms with Crippen LogP contribution >= 0.6 is 0 Å². The molecule has 0 radical (unpaired) electrons. The van der Waals surface area contributed by atoms with Crippen LogP contribution in [0.3, 0.4) is 0 Å². The number of hydrogen-bond acceptors (Lipinski definition) is 5. The maximum absolute atomic E-state index is 12.1. The minimum Gasteiger partial charge on any atom is -0.486 e. The van der Waals surface area contributed by atoms with E-state index in [0.29, 0.717) is 24.3 Å². The molecule has 2 rings (SSSR count). The Labute approximate surface area is 205 Å². The van der Waals surface area contributed by atoms with Gasteiger partial charge in [-0.2, -0.15) is 0 Å². The fourth-order valence-corrected chi connectivity index (χ4v) is 3.79. The first-order valence-corrected chi connectivity index (χ1v) is 12.6. The van der Waals surface area contributed by atoms with Crippen LogP contribution < -0.4 is 14.8 Å².